The topological polar surface area (TPSA) is 47.3 Å². The number of hydrogen-bond donors (Lipinski definition) is 0. The summed E-state index contributed by atoms with van der Waals surface area (Å²) in [5, 5.41) is 0. The molecular formula is C8H7O3. The Morgan fingerprint density at radius 1 is 1.73 bits per heavy atom. The zero-order valence-corrected chi connectivity index (χ0v) is 6.09. The van der Waals surface area contributed by atoms with Crippen molar-refractivity contribution < 1.29 is 14.0 Å². The lowest BCUT2D eigenvalue weighted by molar-refractivity contribution is 0.0987. The van der Waals surface area contributed by atoms with Crippen molar-refractivity contribution in [3.05, 3.63) is 23.7 Å². The normalized spacial score (nSPS) is 9.55. The third-order valence-corrected chi connectivity index (χ3v) is 1.38. The van der Waals surface area contributed by atoms with E-state index in [9.17, 15) is 9.59 Å². The average Bonchev–Trinajstić information content (AvgIpc) is 2.50. The van der Waals surface area contributed by atoms with E-state index < -0.39 is 0 Å². The standard InChI is InChI=1S/C8H7O3/c1-2-7(10)6-3-4-11-8(6)5-9/h3-4H,2H2,1H3. The molecule has 0 saturated carbocycles. The lowest BCUT2D eigenvalue weighted by atomic mass is 10.1. The molecule has 0 aromatic carbocycles. The van der Waals surface area contributed by atoms with Crippen LogP contribution in [-0.4, -0.2) is 12.1 Å². The number of carbonyl (C=O) groups excluding carboxylic acids is 2. The number of furan rings is 1. The van der Waals surface area contributed by atoms with Crippen molar-refractivity contribution >= 4 is 12.1 Å². The van der Waals surface area contributed by atoms with Gasteiger partial charge in [0.15, 0.2) is 11.5 Å². The Balaban J connectivity index is 3.01. The summed E-state index contributed by atoms with van der Waals surface area (Å²) in [5.41, 5.74) is 0.322. The fourth-order valence-electron chi connectivity index (χ4n) is 0.798. The Morgan fingerprint density at radius 3 is 3.00 bits per heavy atom. The zero-order chi connectivity index (χ0) is 8.27. The van der Waals surface area contributed by atoms with Crippen LogP contribution in [0.2, 0.25) is 0 Å². The maximum atomic E-state index is 11.0. The van der Waals surface area contributed by atoms with Crippen LogP contribution in [0.25, 0.3) is 0 Å². The highest BCUT2D eigenvalue weighted by Crippen LogP contribution is 2.09. The first kappa shape index (κ1) is 7.72. The van der Waals surface area contributed by atoms with Crippen molar-refractivity contribution in [2.24, 2.45) is 0 Å². The highest BCUT2D eigenvalue weighted by atomic mass is 16.3. The van der Waals surface area contributed by atoms with Crippen LogP contribution in [-0.2, 0) is 4.79 Å². The van der Waals surface area contributed by atoms with Crippen LogP contribution in [0.4, 0.5) is 0 Å². The van der Waals surface area contributed by atoms with Gasteiger partial charge in [0.25, 0.3) is 6.29 Å². The van der Waals surface area contributed by atoms with Crippen molar-refractivity contribution in [3.8, 4) is 0 Å². The minimum atomic E-state index is -0.0999. The summed E-state index contributed by atoms with van der Waals surface area (Å²) in [5.74, 6) is -0.103. The Labute approximate surface area is 64.0 Å². The molecule has 1 aromatic rings. The third kappa shape index (κ3) is 1.37. The highest BCUT2D eigenvalue weighted by Gasteiger charge is 2.11. The molecular weight excluding hydrogens is 144 g/mol. The molecule has 0 atom stereocenters. The fourth-order valence-corrected chi connectivity index (χ4v) is 0.798. The molecule has 1 aromatic heterocycles. The van der Waals surface area contributed by atoms with Gasteiger partial charge in [0.1, 0.15) is 0 Å². The van der Waals surface area contributed by atoms with Crippen LogP contribution < -0.4 is 0 Å². The molecule has 0 fully saturated rings. The zero-order valence-electron chi connectivity index (χ0n) is 6.09. The van der Waals surface area contributed by atoms with Crippen molar-refractivity contribution in [1.82, 2.24) is 0 Å². The quantitative estimate of drug-likeness (QED) is 0.612. The first-order valence-electron chi connectivity index (χ1n) is 3.28. The van der Waals surface area contributed by atoms with Crippen LogP contribution in [0, 0.1) is 0 Å². The summed E-state index contributed by atoms with van der Waals surface area (Å²) < 4.78 is 4.69. The van der Waals surface area contributed by atoms with E-state index in [2.05, 4.69) is 0 Å². The molecule has 3 heteroatoms. The van der Waals surface area contributed by atoms with Gasteiger partial charge in [-0.2, -0.15) is 0 Å². The van der Waals surface area contributed by atoms with E-state index in [-0.39, 0.29) is 11.5 Å². The van der Waals surface area contributed by atoms with E-state index in [0.29, 0.717) is 12.0 Å². The number of carbonyl (C=O) groups is 1. The molecule has 0 spiro atoms. The van der Waals surface area contributed by atoms with Gasteiger partial charge in [0.2, 0.25) is 0 Å². The van der Waals surface area contributed by atoms with Gasteiger partial charge >= 0.3 is 0 Å². The third-order valence-electron chi connectivity index (χ3n) is 1.38. The molecule has 0 amide bonds. The number of rotatable bonds is 3. The highest BCUT2D eigenvalue weighted by molar-refractivity contribution is 6.01. The lowest BCUT2D eigenvalue weighted by Crippen LogP contribution is -1.97. The maximum Gasteiger partial charge on any atom is 0.272 e. The van der Waals surface area contributed by atoms with Crippen molar-refractivity contribution in [3.63, 3.8) is 0 Å². The van der Waals surface area contributed by atoms with Crippen molar-refractivity contribution in [1.29, 1.82) is 0 Å². The monoisotopic (exact) mass is 151 g/mol. The minimum absolute atomic E-state index is 0.00292. The molecule has 11 heavy (non-hydrogen) atoms. The average molecular weight is 151 g/mol. The molecule has 1 radical (unpaired) electrons. The Bertz CT molecular complexity index is 273. The number of ketones is 1. The molecule has 1 heterocycles. The van der Waals surface area contributed by atoms with Crippen molar-refractivity contribution in [2.75, 3.05) is 0 Å². The largest absolute Gasteiger partial charge is 0.460 e. The summed E-state index contributed by atoms with van der Waals surface area (Å²) in [7, 11) is 0. The molecule has 3 nitrogen and oxygen atoms in total. The van der Waals surface area contributed by atoms with Gasteiger partial charge in [-0.1, -0.05) is 6.92 Å². The van der Waals surface area contributed by atoms with E-state index in [1.807, 2.05) is 0 Å². The second-order valence-corrected chi connectivity index (χ2v) is 2.04. The molecule has 0 aliphatic carbocycles. The maximum absolute atomic E-state index is 11.0. The summed E-state index contributed by atoms with van der Waals surface area (Å²) >= 11 is 0. The Kier molecular flexibility index (Phi) is 2.21. The van der Waals surface area contributed by atoms with Gasteiger partial charge < -0.3 is 4.42 Å². The Hall–Kier alpha value is -1.38. The second kappa shape index (κ2) is 3.14. The van der Waals surface area contributed by atoms with E-state index >= 15 is 0 Å². The van der Waals surface area contributed by atoms with Crippen LogP contribution >= 0.6 is 0 Å². The molecule has 0 bridgehead atoms. The molecule has 57 valence electrons. The molecule has 1 rings (SSSR count). The van der Waals surface area contributed by atoms with Crippen LogP contribution in [0.1, 0.15) is 29.5 Å². The molecule has 0 aliphatic rings. The molecule has 0 saturated heterocycles. The minimum Gasteiger partial charge on any atom is -0.460 e. The second-order valence-electron chi connectivity index (χ2n) is 2.04. The summed E-state index contributed by atoms with van der Waals surface area (Å²) in [4.78, 5) is 21.2. The first-order valence-corrected chi connectivity index (χ1v) is 3.28. The summed E-state index contributed by atoms with van der Waals surface area (Å²) in [6.45, 7) is 1.73. The van der Waals surface area contributed by atoms with E-state index in [4.69, 9.17) is 4.42 Å². The van der Waals surface area contributed by atoms with E-state index in [0.717, 1.165) is 0 Å². The van der Waals surface area contributed by atoms with Gasteiger partial charge in [0, 0.05) is 6.42 Å². The van der Waals surface area contributed by atoms with Gasteiger partial charge in [0.05, 0.1) is 11.8 Å². The predicted octanol–water partition coefficient (Wildman–Crippen LogP) is 1.33. The van der Waals surface area contributed by atoms with Gasteiger partial charge in [-0.25, -0.2) is 0 Å². The molecule has 0 N–H and O–H groups in total. The fraction of sp³-hybridized carbons (Fsp3) is 0.250. The van der Waals surface area contributed by atoms with Crippen molar-refractivity contribution in [2.45, 2.75) is 13.3 Å². The molecule has 0 aliphatic heterocycles. The molecule has 0 unspecified atom stereocenters. The van der Waals surface area contributed by atoms with Gasteiger partial charge in [-0.05, 0) is 6.07 Å². The van der Waals surface area contributed by atoms with Crippen LogP contribution in [0.3, 0.4) is 0 Å². The summed E-state index contributed by atoms with van der Waals surface area (Å²) in [6.07, 6.45) is 3.23. The van der Waals surface area contributed by atoms with Gasteiger partial charge in [-0.3, -0.25) is 9.59 Å². The van der Waals surface area contributed by atoms with E-state index in [1.54, 1.807) is 13.2 Å². The summed E-state index contributed by atoms with van der Waals surface area (Å²) in [6, 6.07) is 1.48. The SMILES string of the molecule is CCC(=O)c1ccoc1[C]=O. The Morgan fingerprint density at radius 2 is 2.45 bits per heavy atom. The van der Waals surface area contributed by atoms with Gasteiger partial charge in [-0.15, -0.1) is 0 Å². The lowest BCUT2D eigenvalue weighted by Gasteiger charge is -1.89. The van der Waals surface area contributed by atoms with E-state index in [1.165, 1.54) is 12.3 Å². The van der Waals surface area contributed by atoms with Crippen LogP contribution in [0.5, 0.6) is 0 Å². The van der Waals surface area contributed by atoms with Crippen LogP contribution in [0.15, 0.2) is 16.7 Å². The smallest absolute Gasteiger partial charge is 0.272 e. The number of Topliss-reactive ketones (excluding diaryl/α,β-unsaturated/α-hetero) is 1. The number of hydrogen-bond acceptors (Lipinski definition) is 3. The predicted molar refractivity (Wildman–Crippen MR) is 38.1 cm³/mol. The first-order chi connectivity index (χ1) is 5.29.